The number of rotatable bonds is 3. The zero-order valence-corrected chi connectivity index (χ0v) is 11.5. The van der Waals surface area contributed by atoms with Crippen molar-refractivity contribution in [3.05, 3.63) is 57.4 Å². The van der Waals surface area contributed by atoms with Crippen LogP contribution >= 0.6 is 15.9 Å². The van der Waals surface area contributed by atoms with Gasteiger partial charge in [0.05, 0.1) is 0 Å². The first-order chi connectivity index (χ1) is 8.49. The van der Waals surface area contributed by atoms with E-state index in [9.17, 15) is 13.2 Å². The quantitative estimate of drug-likeness (QED) is 0.903. The summed E-state index contributed by atoms with van der Waals surface area (Å²) in [5.41, 5.74) is -0.261. The van der Waals surface area contributed by atoms with E-state index in [2.05, 4.69) is 25.6 Å². The molecule has 0 saturated carbocycles. The van der Waals surface area contributed by atoms with Crippen LogP contribution in [0.2, 0.25) is 0 Å². The molecule has 18 heavy (non-hydrogen) atoms. The largest absolute Gasteiger partial charge is 0.328 e. The van der Waals surface area contributed by atoms with Gasteiger partial charge in [0.15, 0.2) is 4.90 Å². The third-order valence-electron chi connectivity index (χ3n) is 2.17. The van der Waals surface area contributed by atoms with Crippen molar-refractivity contribution in [2.24, 2.45) is 0 Å². The van der Waals surface area contributed by atoms with Gasteiger partial charge >= 0.3 is 0 Å². The second-order valence-corrected chi connectivity index (χ2v) is 6.04. The van der Waals surface area contributed by atoms with Crippen LogP contribution in [-0.4, -0.2) is 13.4 Å². The van der Waals surface area contributed by atoms with E-state index in [4.69, 9.17) is 0 Å². The van der Waals surface area contributed by atoms with E-state index in [1.54, 1.807) is 24.3 Å². The van der Waals surface area contributed by atoms with E-state index in [1.165, 1.54) is 18.3 Å². The fourth-order valence-corrected chi connectivity index (χ4v) is 2.73. The Kier molecular flexibility index (Phi) is 3.53. The third-order valence-corrected chi connectivity index (χ3v) is 4.10. The van der Waals surface area contributed by atoms with E-state index < -0.39 is 15.6 Å². The van der Waals surface area contributed by atoms with Gasteiger partial charge < -0.3 is 4.98 Å². The second-order valence-electron chi connectivity index (χ2n) is 3.48. The molecule has 7 heteroatoms. The van der Waals surface area contributed by atoms with E-state index in [0.29, 0.717) is 5.69 Å². The Balaban J connectivity index is 2.36. The van der Waals surface area contributed by atoms with Crippen molar-refractivity contribution >= 4 is 31.6 Å². The molecule has 0 aliphatic rings. The van der Waals surface area contributed by atoms with Crippen LogP contribution < -0.4 is 10.3 Å². The molecule has 94 valence electrons. The van der Waals surface area contributed by atoms with Crippen molar-refractivity contribution in [3.8, 4) is 0 Å². The lowest BCUT2D eigenvalue weighted by molar-refractivity contribution is 0.600. The molecule has 2 N–H and O–H groups in total. The monoisotopic (exact) mass is 328 g/mol. The summed E-state index contributed by atoms with van der Waals surface area (Å²) in [6.07, 6.45) is 1.38. The minimum absolute atomic E-state index is 0.312. The van der Waals surface area contributed by atoms with E-state index in [1.807, 2.05) is 0 Å². The highest BCUT2D eigenvalue weighted by Gasteiger charge is 2.17. The van der Waals surface area contributed by atoms with Gasteiger partial charge in [-0.25, -0.2) is 8.42 Å². The maximum atomic E-state index is 12.0. The summed E-state index contributed by atoms with van der Waals surface area (Å²) in [4.78, 5) is 13.4. The Bertz CT molecular complexity index is 708. The first-order valence-corrected chi connectivity index (χ1v) is 7.23. The Morgan fingerprint density at radius 1 is 1.11 bits per heavy atom. The predicted molar refractivity (Wildman–Crippen MR) is 72.0 cm³/mol. The highest BCUT2D eigenvalue weighted by molar-refractivity contribution is 9.10. The molecular weight excluding hydrogens is 320 g/mol. The SMILES string of the molecule is O=c1[nH]cccc1S(=O)(=O)Nc1ccc(Br)cc1. The molecule has 0 fully saturated rings. The summed E-state index contributed by atoms with van der Waals surface area (Å²) in [5, 5.41) is 0. The first-order valence-electron chi connectivity index (χ1n) is 4.95. The van der Waals surface area contributed by atoms with Crippen LogP contribution in [0, 0.1) is 0 Å². The number of anilines is 1. The summed E-state index contributed by atoms with van der Waals surface area (Å²) >= 11 is 3.25. The summed E-state index contributed by atoms with van der Waals surface area (Å²) in [6, 6.07) is 9.30. The summed E-state index contributed by atoms with van der Waals surface area (Å²) in [5.74, 6) is 0. The van der Waals surface area contributed by atoms with Crippen LogP contribution in [0.5, 0.6) is 0 Å². The van der Waals surface area contributed by atoms with Crippen molar-refractivity contribution in [1.82, 2.24) is 4.98 Å². The van der Waals surface area contributed by atoms with Gasteiger partial charge in [0.1, 0.15) is 0 Å². The molecule has 0 bridgehead atoms. The van der Waals surface area contributed by atoms with Gasteiger partial charge in [-0.15, -0.1) is 0 Å². The third kappa shape index (κ3) is 2.80. The molecule has 0 aliphatic heterocycles. The lowest BCUT2D eigenvalue weighted by atomic mass is 10.3. The number of pyridine rings is 1. The number of hydrogen-bond donors (Lipinski definition) is 2. The highest BCUT2D eigenvalue weighted by atomic mass is 79.9. The number of aromatic nitrogens is 1. The standard InChI is InChI=1S/C11H9BrN2O3S/c12-8-3-5-9(6-4-8)14-18(16,17)10-2-1-7-13-11(10)15/h1-7,14H,(H,13,15). The molecule has 0 saturated heterocycles. The lowest BCUT2D eigenvalue weighted by Crippen LogP contribution is -2.22. The molecule has 1 heterocycles. The highest BCUT2D eigenvalue weighted by Crippen LogP contribution is 2.16. The fraction of sp³-hybridized carbons (Fsp3) is 0. The van der Waals surface area contributed by atoms with Crippen LogP contribution in [0.15, 0.2) is 56.8 Å². The van der Waals surface area contributed by atoms with Gasteiger partial charge in [0.25, 0.3) is 15.6 Å². The molecule has 1 aromatic carbocycles. The summed E-state index contributed by atoms with van der Waals surface area (Å²) in [6.45, 7) is 0. The molecular formula is C11H9BrN2O3S. The van der Waals surface area contributed by atoms with Crippen molar-refractivity contribution < 1.29 is 8.42 Å². The van der Waals surface area contributed by atoms with Crippen LogP contribution in [0.1, 0.15) is 0 Å². The van der Waals surface area contributed by atoms with Crippen LogP contribution in [0.25, 0.3) is 0 Å². The van der Waals surface area contributed by atoms with Gasteiger partial charge in [0, 0.05) is 16.4 Å². The molecule has 0 atom stereocenters. The number of H-pyrrole nitrogens is 1. The zero-order chi connectivity index (χ0) is 13.2. The predicted octanol–water partition coefficient (Wildman–Crippen LogP) is 1.94. The topological polar surface area (TPSA) is 79.0 Å². The van der Waals surface area contributed by atoms with E-state index in [0.717, 1.165) is 4.47 Å². The Morgan fingerprint density at radius 2 is 1.78 bits per heavy atom. The number of hydrogen-bond acceptors (Lipinski definition) is 3. The van der Waals surface area contributed by atoms with Crippen molar-refractivity contribution in [3.63, 3.8) is 0 Å². The normalized spacial score (nSPS) is 11.2. The molecule has 5 nitrogen and oxygen atoms in total. The fourth-order valence-electron chi connectivity index (χ4n) is 1.35. The van der Waals surface area contributed by atoms with E-state index >= 15 is 0 Å². The van der Waals surface area contributed by atoms with Crippen molar-refractivity contribution in [2.45, 2.75) is 4.90 Å². The maximum absolute atomic E-state index is 12.0. The number of nitrogens with one attached hydrogen (secondary N) is 2. The Hall–Kier alpha value is -1.60. The molecule has 0 aliphatic carbocycles. The lowest BCUT2D eigenvalue weighted by Gasteiger charge is -2.06. The zero-order valence-electron chi connectivity index (χ0n) is 9.05. The van der Waals surface area contributed by atoms with Crippen molar-refractivity contribution in [1.29, 1.82) is 0 Å². The number of halogens is 1. The molecule has 2 aromatic rings. The van der Waals surface area contributed by atoms with Crippen LogP contribution in [0.3, 0.4) is 0 Å². The van der Waals surface area contributed by atoms with Gasteiger partial charge in [-0.05, 0) is 36.4 Å². The van der Waals surface area contributed by atoms with Crippen LogP contribution in [-0.2, 0) is 10.0 Å². The van der Waals surface area contributed by atoms with Crippen LogP contribution in [0.4, 0.5) is 5.69 Å². The summed E-state index contributed by atoms with van der Waals surface area (Å²) < 4.78 is 27.1. The molecule has 0 unspecified atom stereocenters. The van der Waals surface area contributed by atoms with Gasteiger partial charge in [-0.3, -0.25) is 9.52 Å². The van der Waals surface area contributed by atoms with E-state index in [-0.39, 0.29) is 4.90 Å². The van der Waals surface area contributed by atoms with Gasteiger partial charge in [0.2, 0.25) is 0 Å². The minimum Gasteiger partial charge on any atom is -0.328 e. The average molecular weight is 329 g/mol. The molecule has 0 amide bonds. The van der Waals surface area contributed by atoms with Gasteiger partial charge in [-0.1, -0.05) is 15.9 Å². The molecule has 0 radical (unpaired) electrons. The second kappa shape index (κ2) is 4.95. The summed E-state index contributed by atoms with van der Waals surface area (Å²) in [7, 11) is -3.87. The van der Waals surface area contributed by atoms with Gasteiger partial charge in [-0.2, -0.15) is 0 Å². The Labute approximate surface area is 112 Å². The molecule has 1 aromatic heterocycles. The maximum Gasteiger partial charge on any atom is 0.268 e. The number of benzene rings is 1. The molecule has 0 spiro atoms. The minimum atomic E-state index is -3.87. The average Bonchev–Trinajstić information content (AvgIpc) is 2.32. The Morgan fingerprint density at radius 3 is 2.39 bits per heavy atom. The smallest absolute Gasteiger partial charge is 0.268 e. The number of sulfonamides is 1. The first kappa shape index (κ1) is 12.8. The van der Waals surface area contributed by atoms with Crippen molar-refractivity contribution in [2.75, 3.05) is 4.72 Å². The number of aromatic amines is 1. The molecule has 2 rings (SSSR count).